The average Bonchev–Trinajstić information content (AvgIpc) is 0.866. The van der Waals surface area contributed by atoms with Crippen molar-refractivity contribution in [2.24, 2.45) is 35.3 Å². The van der Waals surface area contributed by atoms with Gasteiger partial charge in [-0.25, -0.2) is 0 Å². The number of carboxylic acids is 5. The number of ketones is 4. The number of carboxylic acid groups (broad SMARTS) is 5. The molecule has 7 amide bonds. The number of unbranched alkanes of at least 4 members (excludes halogenated alkanes) is 13. The fourth-order valence-corrected chi connectivity index (χ4v) is 12.8. The molecule has 0 saturated carbocycles. The number of hydrogen-bond acceptors (Lipinski definition) is 24. The van der Waals surface area contributed by atoms with Gasteiger partial charge in [0.05, 0.1) is 37.3 Å². The van der Waals surface area contributed by atoms with E-state index in [1.54, 1.807) is 23.6 Å². The van der Waals surface area contributed by atoms with Crippen LogP contribution in [0.15, 0.2) is 0 Å². The topological polar surface area (TPSA) is 541 Å². The van der Waals surface area contributed by atoms with Gasteiger partial charge < -0.3 is 77.7 Å². The molecule has 0 aliphatic carbocycles. The zero-order valence-corrected chi connectivity index (χ0v) is 71.8. The minimum atomic E-state index is -1.67. The van der Waals surface area contributed by atoms with Crippen molar-refractivity contribution >= 4 is 101 Å². The second kappa shape index (κ2) is 66.7. The summed E-state index contributed by atoms with van der Waals surface area (Å²) in [5.41, 5.74) is 5.60. The van der Waals surface area contributed by atoms with E-state index >= 15 is 0 Å². The van der Waals surface area contributed by atoms with Crippen molar-refractivity contribution in [1.82, 2.24) is 51.5 Å². The molecule has 0 bridgehead atoms. The number of carbonyl (C=O) groups is 17. The van der Waals surface area contributed by atoms with Gasteiger partial charge in [0.15, 0.2) is 23.1 Å². The Morgan fingerprint density at radius 1 is 0.457 bits per heavy atom. The van der Waals surface area contributed by atoms with Crippen LogP contribution in [-0.4, -0.2) is 267 Å². The maximum absolute atomic E-state index is 13.8. The van der Waals surface area contributed by atoms with E-state index in [-0.39, 0.29) is 153 Å². The largest absolute Gasteiger partial charge is 0.481 e. The molecular formula is C79H136GdN11O25-. The Hall–Kier alpha value is -7.13. The number of nitrogens with one attached hydrogen (secondary N) is 6. The fraction of sp³-hybridized carbons (Fsp3) is 0.772. The predicted octanol–water partition coefficient (Wildman–Crippen LogP) is 4.64. The summed E-state index contributed by atoms with van der Waals surface area (Å²) in [6.45, 7) is 18.8. The molecule has 0 spiro atoms. The van der Waals surface area contributed by atoms with Crippen LogP contribution in [-0.2, 0) is 91.1 Å². The Kier molecular flexibility index (Phi) is 63.8. The summed E-state index contributed by atoms with van der Waals surface area (Å²) in [6, 6.07) is -5.56. The number of hydrogen-bond donors (Lipinski definition) is 13. The monoisotopic (exact) mass is 1800 g/mol. The molecule has 1 aliphatic heterocycles. The number of nitrogens with two attached hydrogens (primary N) is 1. The van der Waals surface area contributed by atoms with Crippen LogP contribution in [0.4, 0.5) is 0 Å². The second-order valence-electron chi connectivity index (χ2n) is 30.4. The molecule has 14 N–H and O–H groups in total. The van der Waals surface area contributed by atoms with E-state index in [1.807, 2.05) is 37.5 Å². The van der Waals surface area contributed by atoms with Gasteiger partial charge in [-0.2, -0.15) is 6.61 Å². The van der Waals surface area contributed by atoms with Crippen molar-refractivity contribution in [2.45, 2.75) is 278 Å². The first-order chi connectivity index (χ1) is 54.5. The Morgan fingerprint density at radius 2 is 0.905 bits per heavy atom. The van der Waals surface area contributed by atoms with E-state index in [9.17, 15) is 102 Å². The summed E-state index contributed by atoms with van der Waals surface area (Å²) in [5.74, 6) is -16.2. The van der Waals surface area contributed by atoms with Crippen molar-refractivity contribution in [2.75, 3.05) is 85.3 Å². The van der Waals surface area contributed by atoms with Gasteiger partial charge in [0.2, 0.25) is 41.4 Å². The second-order valence-corrected chi connectivity index (χ2v) is 30.4. The molecule has 1 heterocycles. The number of primary amides is 1. The molecule has 0 aromatic heterocycles. The van der Waals surface area contributed by atoms with Crippen LogP contribution in [0, 0.1) is 76.1 Å². The summed E-state index contributed by atoms with van der Waals surface area (Å²) in [5, 5.41) is 71.2. The van der Waals surface area contributed by atoms with E-state index in [1.165, 1.54) is 70.8 Å². The van der Waals surface area contributed by atoms with Crippen molar-refractivity contribution < 1.29 is 162 Å². The van der Waals surface area contributed by atoms with Crippen LogP contribution in [0.3, 0.4) is 0 Å². The van der Waals surface area contributed by atoms with Crippen molar-refractivity contribution in [1.29, 1.82) is 0 Å². The number of rotatable bonds is 64. The molecule has 36 nitrogen and oxygen atoms in total. The van der Waals surface area contributed by atoms with Crippen LogP contribution in [0.1, 0.15) is 248 Å². The number of Topliss-reactive ketones (excluding diaryl/α,β-unsaturated/α-hetero) is 4. The number of aliphatic carboxylic acids is 5. The summed E-state index contributed by atoms with van der Waals surface area (Å²) >= 11 is 0. The van der Waals surface area contributed by atoms with E-state index in [4.69, 9.17) is 20.8 Å². The molecule has 37 heteroatoms. The Balaban J connectivity index is 0. The minimum Gasteiger partial charge on any atom is -0.481 e. The Morgan fingerprint density at radius 3 is 1.34 bits per heavy atom. The number of amides is 7. The third-order valence-electron chi connectivity index (χ3n) is 19.9. The molecule has 0 unspecified atom stereocenters. The molecule has 1 rings (SSSR count). The summed E-state index contributed by atoms with van der Waals surface area (Å²) in [6.07, 6.45) is 12.4. The van der Waals surface area contributed by atoms with E-state index in [2.05, 4.69) is 43.7 Å². The smallest absolute Gasteiger partial charge is 0.317 e. The first-order valence-corrected chi connectivity index (χ1v) is 40.8. The van der Waals surface area contributed by atoms with Crippen molar-refractivity contribution in [3.8, 4) is 0 Å². The molecule has 0 aromatic carbocycles. The predicted molar refractivity (Wildman–Crippen MR) is 422 cm³/mol. The van der Waals surface area contributed by atoms with Crippen LogP contribution < -0.4 is 37.6 Å². The molecule has 0 radical (unpaired) electrons. The molecule has 666 valence electrons. The van der Waals surface area contributed by atoms with Gasteiger partial charge in [-0.05, 0) is 70.1 Å². The van der Waals surface area contributed by atoms with Crippen LogP contribution >= 0.6 is 0 Å². The van der Waals surface area contributed by atoms with Crippen LogP contribution in [0.25, 0.3) is 0 Å². The third kappa shape index (κ3) is 56.3. The Bertz CT molecular complexity index is 3010. The van der Waals surface area contributed by atoms with E-state index in [0.29, 0.717) is 58.6 Å². The first kappa shape index (κ1) is 111. The summed E-state index contributed by atoms with van der Waals surface area (Å²) in [7, 11) is 0. The quantitative estimate of drug-likeness (QED) is 0.0130. The maximum Gasteiger partial charge on any atom is 0.317 e. The van der Waals surface area contributed by atoms with Gasteiger partial charge >= 0.3 is 29.8 Å². The molecule has 9 atom stereocenters. The number of ether oxygens (including phenoxy) is 1. The van der Waals surface area contributed by atoms with E-state index < -0.39 is 177 Å². The summed E-state index contributed by atoms with van der Waals surface area (Å²) in [4.78, 5) is 222. The van der Waals surface area contributed by atoms with Gasteiger partial charge in [0.1, 0.15) is 12.8 Å². The molecule has 116 heavy (non-hydrogen) atoms. The summed E-state index contributed by atoms with van der Waals surface area (Å²) < 4.78 is 4.98. The van der Waals surface area contributed by atoms with Crippen LogP contribution in [0.5, 0.6) is 0 Å². The molecular weight excluding hydrogens is 1660 g/mol. The van der Waals surface area contributed by atoms with Gasteiger partial charge in [-0.3, -0.25) is 101 Å². The van der Waals surface area contributed by atoms with Gasteiger partial charge in [0.25, 0.3) is 6.47 Å². The molecule has 1 fully saturated rings. The van der Waals surface area contributed by atoms with Gasteiger partial charge in [-0.15, -0.1) is 6.54 Å². The molecule has 1 aliphatic rings. The van der Waals surface area contributed by atoms with Gasteiger partial charge in [-0.1, -0.05) is 125 Å². The first-order valence-electron chi connectivity index (χ1n) is 40.8. The normalized spacial score (nSPS) is 15.4. The van der Waals surface area contributed by atoms with E-state index in [0.717, 1.165) is 32.6 Å². The average molecular weight is 1800 g/mol. The maximum atomic E-state index is 13.8. The molecule has 1 saturated heterocycles. The standard InChI is InChI=1S/C46H74N9O21.C33H62N2O4.Gd/c1-30(57)49-33(7-11-41(65)66)36(58)24-31(5-9-39(61)62)45(72)50-34(8-12-42(67)68)37(59)25-32(6-10-40(63)64)46(73)51-35(44(47)71)4-2-3-13-48-38(60)26-53-17-18-54(27-43(69)70)16-14-52(22-23-76-74)15-20-55(21-19-53)28-75-29-56;1-8-10-11-12-13-14-15-16-17-18-19-20-21-22-31(38)35-32(26(5)9-2)30(37)24-27(6)33(39)34-28(7)29(36)23-25(3)4;/h23,29,31-35,74H,2-22,24-28H2,1H3,(H2,47,71)(H,48,60)(H,49,57)(H,50,72)(H,51,73)(H,61,62)(H,63,64)(H,65,66)(H,67,68)(H,69,70);25-28,32H,8-24H2,1-7H3,(H,34,39)(H,35,38);/q-1;;/t31-,32-,33+,34+,35+;26-,27+,28-,32-;/m10./s1. The fourth-order valence-electron chi connectivity index (χ4n) is 12.8. The SMILES string of the molecule is CC(=O)N[C@@H](CCC(=O)O)C(=O)C[C@@H](CCC(=O)O)C(=O)N[C@@H](CCC(=O)O)C(=O)C[C@@H](CCC(=O)O)C(=O)N[C@@H](CCCCNC(=O)CN1CCN(COC=O)CCN(C[CH-]OO)CCN(CC(=O)O)CC1)C(N)=O.CCCCCCCCCCCCCCCC(=O)N[C@H](C(=O)C[C@@H](C)C(=O)N[C@@H](C)C(=O)CC(C)C)[C@@H](C)CC.[Gd]. The van der Waals surface area contributed by atoms with Crippen LogP contribution in [0.2, 0.25) is 0 Å². The number of nitrogens with zero attached hydrogens (tertiary/aromatic N) is 4. The zero-order chi connectivity index (χ0) is 86.8. The zero-order valence-electron chi connectivity index (χ0n) is 69.5. The third-order valence-corrected chi connectivity index (χ3v) is 19.9. The Labute approximate surface area is 715 Å². The molecule has 0 aromatic rings. The van der Waals surface area contributed by atoms with Gasteiger partial charge in [0, 0.05) is 181 Å². The minimum absolute atomic E-state index is 0. The van der Waals surface area contributed by atoms with Crippen molar-refractivity contribution in [3.05, 3.63) is 6.61 Å². The number of carbonyl (C=O) groups excluding carboxylic acids is 12. The van der Waals surface area contributed by atoms with Crippen molar-refractivity contribution in [3.63, 3.8) is 0 Å².